The van der Waals surface area contributed by atoms with Crippen molar-refractivity contribution in [2.75, 3.05) is 6.61 Å². The Morgan fingerprint density at radius 1 is 0.885 bits per heavy atom. The lowest BCUT2D eigenvalue weighted by Crippen LogP contribution is -1.93. The highest BCUT2D eigenvalue weighted by molar-refractivity contribution is 5.36. The average Bonchev–Trinajstić information content (AvgIpc) is 2.67. The average molecular weight is 349 g/mol. The summed E-state index contributed by atoms with van der Waals surface area (Å²) >= 11 is 0. The maximum Gasteiger partial charge on any atom is 0.165 e. The number of ether oxygens (including phenoxy) is 2. The second-order valence-corrected chi connectivity index (χ2v) is 5.92. The van der Waals surface area contributed by atoms with E-state index in [9.17, 15) is 4.39 Å². The van der Waals surface area contributed by atoms with Gasteiger partial charge in [-0.2, -0.15) is 0 Å². The van der Waals surface area contributed by atoms with Crippen LogP contribution in [0.2, 0.25) is 0 Å². The van der Waals surface area contributed by atoms with Crippen LogP contribution < -0.4 is 9.47 Å². The number of benzene rings is 3. The first-order valence-corrected chi connectivity index (χ1v) is 8.82. The minimum absolute atomic E-state index is 0.259. The van der Waals surface area contributed by atoms with E-state index < -0.39 is 0 Å². The zero-order chi connectivity index (χ0) is 18.2. The van der Waals surface area contributed by atoms with Gasteiger partial charge in [0.2, 0.25) is 0 Å². The molecule has 0 aliphatic heterocycles. The highest BCUT2D eigenvalue weighted by Gasteiger charge is 2.07. The van der Waals surface area contributed by atoms with Crippen LogP contribution in [-0.4, -0.2) is 6.61 Å². The number of hydrogen-bond donors (Lipinski definition) is 0. The van der Waals surface area contributed by atoms with Crippen molar-refractivity contribution in [1.82, 2.24) is 0 Å². The predicted molar refractivity (Wildman–Crippen MR) is 102 cm³/mol. The smallest absolute Gasteiger partial charge is 0.165 e. The first-order chi connectivity index (χ1) is 12.7. The second kappa shape index (κ2) is 9.04. The maximum atomic E-state index is 14.0. The van der Waals surface area contributed by atoms with Crippen molar-refractivity contribution in [2.45, 2.75) is 19.8 Å². The van der Waals surface area contributed by atoms with Crippen LogP contribution in [0.3, 0.4) is 0 Å². The normalized spacial score (nSPS) is 10.5. The third-order valence-electron chi connectivity index (χ3n) is 3.97. The molecule has 2 nitrogen and oxygen atoms in total. The van der Waals surface area contributed by atoms with Gasteiger partial charge in [-0.25, -0.2) is 4.39 Å². The molecule has 0 N–H and O–H groups in total. The quantitative estimate of drug-likeness (QED) is 0.482. The molecule has 0 saturated carbocycles. The second-order valence-electron chi connectivity index (χ2n) is 5.92. The predicted octanol–water partition coefficient (Wildman–Crippen LogP) is 6.20. The molecule has 0 saturated heterocycles. The summed E-state index contributed by atoms with van der Waals surface area (Å²) in [7, 11) is 0. The molecule has 3 aromatic rings. The molecule has 0 atom stereocenters. The van der Waals surface area contributed by atoms with E-state index in [1.165, 1.54) is 6.07 Å². The largest absolute Gasteiger partial charge is 0.494 e. The summed E-state index contributed by atoms with van der Waals surface area (Å²) in [5.74, 6) is 1.42. The van der Waals surface area contributed by atoms with Crippen LogP contribution in [0.1, 0.15) is 24.5 Å². The van der Waals surface area contributed by atoms with E-state index >= 15 is 0 Å². The first kappa shape index (κ1) is 18.0. The lowest BCUT2D eigenvalue weighted by atomic mass is 10.0. The number of aryl methyl sites for hydroxylation is 1. The zero-order valence-electron chi connectivity index (χ0n) is 14.8. The van der Waals surface area contributed by atoms with Gasteiger partial charge in [0, 0.05) is 0 Å². The molecule has 26 heavy (non-hydrogen) atoms. The summed E-state index contributed by atoms with van der Waals surface area (Å²) < 4.78 is 25.1. The van der Waals surface area contributed by atoms with Gasteiger partial charge in [-0.05, 0) is 73.7 Å². The van der Waals surface area contributed by atoms with Crippen molar-refractivity contribution in [2.24, 2.45) is 0 Å². The van der Waals surface area contributed by atoms with Crippen LogP contribution in [0, 0.1) is 12.2 Å². The summed E-state index contributed by atoms with van der Waals surface area (Å²) in [6.07, 6.45) is 3.85. The fraction of sp³-hybridized carbons (Fsp3) is 0.174. The van der Waals surface area contributed by atoms with Gasteiger partial charge in [0.15, 0.2) is 11.6 Å². The highest BCUT2D eigenvalue weighted by atomic mass is 19.1. The molecule has 0 unspecified atom stereocenters. The van der Waals surface area contributed by atoms with Crippen LogP contribution in [0.15, 0.2) is 72.8 Å². The van der Waals surface area contributed by atoms with Crippen molar-refractivity contribution in [3.8, 4) is 17.2 Å². The molecule has 0 fully saturated rings. The third kappa shape index (κ3) is 5.09. The number of hydrogen-bond acceptors (Lipinski definition) is 2. The van der Waals surface area contributed by atoms with E-state index in [0.29, 0.717) is 12.4 Å². The Morgan fingerprint density at radius 2 is 1.65 bits per heavy atom. The van der Waals surface area contributed by atoms with Crippen molar-refractivity contribution >= 4 is 0 Å². The molecule has 133 valence electrons. The number of para-hydroxylation sites is 1. The van der Waals surface area contributed by atoms with Gasteiger partial charge in [0.25, 0.3) is 0 Å². The Balaban J connectivity index is 1.57. The van der Waals surface area contributed by atoms with Gasteiger partial charge >= 0.3 is 0 Å². The Bertz CT molecular complexity index is 813. The zero-order valence-corrected chi connectivity index (χ0v) is 14.8. The van der Waals surface area contributed by atoms with E-state index in [-0.39, 0.29) is 11.6 Å². The van der Waals surface area contributed by atoms with E-state index in [0.717, 1.165) is 29.7 Å². The van der Waals surface area contributed by atoms with Gasteiger partial charge in [0.1, 0.15) is 11.5 Å². The SMILES string of the molecule is CCOc1ccc([CH]CCc2ccc(F)c(Oc3ccccc3)c2)cc1. The van der Waals surface area contributed by atoms with Gasteiger partial charge in [-0.1, -0.05) is 36.4 Å². The number of halogens is 1. The van der Waals surface area contributed by atoms with Gasteiger partial charge in [-0.3, -0.25) is 0 Å². The fourth-order valence-electron chi connectivity index (χ4n) is 2.67. The molecular weight excluding hydrogens is 327 g/mol. The molecule has 0 amide bonds. The molecular formula is C23H22FO2. The summed E-state index contributed by atoms with van der Waals surface area (Å²) in [6, 6.07) is 22.3. The molecule has 0 aliphatic carbocycles. The highest BCUT2D eigenvalue weighted by Crippen LogP contribution is 2.26. The molecule has 0 bridgehead atoms. The molecule has 3 rings (SSSR count). The van der Waals surface area contributed by atoms with Crippen LogP contribution in [-0.2, 0) is 6.42 Å². The van der Waals surface area contributed by atoms with Crippen molar-refractivity contribution < 1.29 is 13.9 Å². The van der Waals surface area contributed by atoms with Gasteiger partial charge in [0.05, 0.1) is 6.61 Å². The molecule has 0 spiro atoms. The fourth-order valence-corrected chi connectivity index (χ4v) is 2.67. The van der Waals surface area contributed by atoms with Gasteiger partial charge in [-0.15, -0.1) is 0 Å². The summed E-state index contributed by atoms with van der Waals surface area (Å²) in [4.78, 5) is 0. The Labute approximate surface area is 154 Å². The van der Waals surface area contributed by atoms with Crippen LogP contribution in [0.25, 0.3) is 0 Å². The minimum atomic E-state index is -0.354. The van der Waals surface area contributed by atoms with E-state index in [1.54, 1.807) is 12.1 Å². The Kier molecular flexibility index (Phi) is 6.26. The van der Waals surface area contributed by atoms with Crippen molar-refractivity contribution in [3.63, 3.8) is 0 Å². The monoisotopic (exact) mass is 349 g/mol. The standard InChI is InChI=1S/C23H22FO2/c1-2-25-20-14-11-18(12-15-20)7-6-8-19-13-16-22(24)23(17-19)26-21-9-4-3-5-10-21/h3-5,7,9-17H,2,6,8H2,1H3. The summed E-state index contributed by atoms with van der Waals surface area (Å²) in [5, 5.41) is 0. The molecule has 3 aromatic carbocycles. The van der Waals surface area contributed by atoms with Crippen molar-refractivity contribution in [1.29, 1.82) is 0 Å². The maximum absolute atomic E-state index is 14.0. The molecule has 0 aliphatic rings. The molecule has 3 heteroatoms. The first-order valence-electron chi connectivity index (χ1n) is 8.82. The lowest BCUT2D eigenvalue weighted by molar-refractivity contribution is 0.340. The summed E-state index contributed by atoms with van der Waals surface area (Å²) in [5.41, 5.74) is 2.19. The van der Waals surface area contributed by atoms with Crippen LogP contribution in [0.5, 0.6) is 17.2 Å². The van der Waals surface area contributed by atoms with E-state index in [1.807, 2.05) is 61.5 Å². The van der Waals surface area contributed by atoms with Crippen molar-refractivity contribution in [3.05, 3.63) is 96.2 Å². The minimum Gasteiger partial charge on any atom is -0.494 e. The van der Waals surface area contributed by atoms with E-state index in [2.05, 4.69) is 6.42 Å². The Morgan fingerprint density at radius 3 is 2.38 bits per heavy atom. The summed E-state index contributed by atoms with van der Waals surface area (Å²) in [6.45, 7) is 2.64. The van der Waals surface area contributed by atoms with E-state index in [4.69, 9.17) is 9.47 Å². The molecule has 1 radical (unpaired) electrons. The Hall–Kier alpha value is -2.81. The lowest BCUT2D eigenvalue weighted by Gasteiger charge is -2.09. The van der Waals surface area contributed by atoms with Crippen LogP contribution >= 0.6 is 0 Å². The van der Waals surface area contributed by atoms with Gasteiger partial charge < -0.3 is 9.47 Å². The molecule has 0 heterocycles. The van der Waals surface area contributed by atoms with Crippen LogP contribution in [0.4, 0.5) is 4.39 Å². The molecule has 0 aromatic heterocycles. The number of rotatable bonds is 8. The topological polar surface area (TPSA) is 18.5 Å². The third-order valence-corrected chi connectivity index (χ3v) is 3.97.